The number of aromatic nitrogens is 8. The van der Waals surface area contributed by atoms with Crippen molar-refractivity contribution < 1.29 is 4.79 Å². The average molecular weight is 402 g/mol. The Kier molecular flexibility index (Phi) is 5.29. The highest BCUT2D eigenvalue weighted by atomic mass is 35.5. The lowest BCUT2D eigenvalue weighted by molar-refractivity contribution is -0.123. The third kappa shape index (κ3) is 4.01. The Morgan fingerprint density at radius 1 is 1.29 bits per heavy atom. The van der Waals surface area contributed by atoms with E-state index in [2.05, 4.69) is 43.2 Å². The first kappa shape index (κ1) is 18.5. The van der Waals surface area contributed by atoms with Crippen LogP contribution in [0.1, 0.15) is 32.6 Å². The number of nitrogens with zero attached hydrogens (tertiary/aromatic N) is 8. The zero-order chi connectivity index (χ0) is 19.5. The summed E-state index contributed by atoms with van der Waals surface area (Å²) in [5, 5.41) is 27.2. The van der Waals surface area contributed by atoms with E-state index in [1.807, 2.05) is 0 Å². The molecule has 2 atom stereocenters. The normalized spacial score (nSPS) is 19.5. The van der Waals surface area contributed by atoms with Crippen molar-refractivity contribution in [1.29, 1.82) is 0 Å². The molecule has 4 rings (SSSR count). The summed E-state index contributed by atoms with van der Waals surface area (Å²) in [6.07, 6.45) is 6.00. The van der Waals surface area contributed by atoms with Crippen LogP contribution in [0.4, 0.5) is 0 Å². The minimum atomic E-state index is -0.112. The molecule has 0 saturated heterocycles. The summed E-state index contributed by atoms with van der Waals surface area (Å²) in [6, 6.07) is 5.42. The molecule has 2 heterocycles. The van der Waals surface area contributed by atoms with Gasteiger partial charge in [-0.1, -0.05) is 31.4 Å². The van der Waals surface area contributed by atoms with Crippen LogP contribution in [0.25, 0.3) is 17.1 Å². The number of hydrogen-bond acceptors (Lipinski definition) is 7. The quantitative estimate of drug-likeness (QED) is 0.690. The van der Waals surface area contributed by atoms with Gasteiger partial charge in [0.2, 0.25) is 11.7 Å². The maximum atomic E-state index is 12.4. The number of carbonyl (C=O) groups excluding carboxylic acids is 1. The van der Waals surface area contributed by atoms with Gasteiger partial charge in [0.05, 0.1) is 5.69 Å². The van der Waals surface area contributed by atoms with Gasteiger partial charge in [-0.3, -0.25) is 4.79 Å². The molecule has 1 aliphatic rings. The molecule has 0 unspecified atom stereocenters. The average Bonchev–Trinajstić information content (AvgIpc) is 3.36. The Labute approximate surface area is 166 Å². The highest BCUT2D eigenvalue weighted by Gasteiger charge is 2.23. The molecule has 28 heavy (non-hydrogen) atoms. The Hall–Kier alpha value is -2.88. The third-order valence-electron chi connectivity index (χ3n) is 4.99. The van der Waals surface area contributed by atoms with Crippen molar-refractivity contribution in [3.05, 3.63) is 29.5 Å². The fraction of sp³-hybridized carbons (Fsp3) is 0.471. The molecule has 1 amide bonds. The Balaban J connectivity index is 1.50. The fourth-order valence-corrected chi connectivity index (χ4v) is 3.65. The number of tetrazole rings is 2. The van der Waals surface area contributed by atoms with Crippen LogP contribution in [0.15, 0.2) is 24.5 Å². The van der Waals surface area contributed by atoms with Crippen molar-refractivity contribution >= 4 is 17.5 Å². The topological polar surface area (TPSA) is 116 Å². The minimum absolute atomic E-state index is 0.0179. The summed E-state index contributed by atoms with van der Waals surface area (Å²) in [5.74, 6) is 0.741. The van der Waals surface area contributed by atoms with E-state index in [1.165, 1.54) is 22.2 Å². The van der Waals surface area contributed by atoms with Crippen molar-refractivity contribution in [3.63, 3.8) is 0 Å². The maximum absolute atomic E-state index is 12.4. The standard InChI is InChI=1S/C17H20ClN9O/c1-11-4-2-3-5-14(11)20-16(28)9-27-22-17(21-24-27)13-7-6-12(18)8-15(13)26-10-19-23-25-26/h6-8,10-11,14H,2-5,9H2,1H3,(H,20,28)/t11-,14-/m1/s1. The van der Waals surface area contributed by atoms with Gasteiger partial charge in [0.1, 0.15) is 12.9 Å². The number of hydrogen-bond donors (Lipinski definition) is 1. The molecular formula is C17H20ClN9O. The molecule has 11 heteroatoms. The summed E-state index contributed by atoms with van der Waals surface area (Å²) in [7, 11) is 0. The monoisotopic (exact) mass is 401 g/mol. The van der Waals surface area contributed by atoms with Gasteiger partial charge in [0.25, 0.3) is 0 Å². The second kappa shape index (κ2) is 8.01. The van der Waals surface area contributed by atoms with E-state index < -0.39 is 0 Å². The highest BCUT2D eigenvalue weighted by Crippen LogP contribution is 2.26. The number of nitrogens with one attached hydrogen (secondary N) is 1. The minimum Gasteiger partial charge on any atom is -0.351 e. The number of amides is 1. The Morgan fingerprint density at radius 3 is 2.93 bits per heavy atom. The molecule has 10 nitrogen and oxygen atoms in total. The first-order chi connectivity index (χ1) is 13.6. The number of halogens is 1. The molecule has 0 spiro atoms. The molecule has 0 radical (unpaired) electrons. The molecule has 1 N–H and O–H groups in total. The zero-order valence-electron chi connectivity index (χ0n) is 15.4. The summed E-state index contributed by atoms with van der Waals surface area (Å²) in [6.45, 7) is 2.20. The predicted octanol–water partition coefficient (Wildman–Crippen LogP) is 1.66. The lowest BCUT2D eigenvalue weighted by atomic mass is 9.86. The molecule has 1 aliphatic carbocycles. The molecule has 3 aromatic rings. The van der Waals surface area contributed by atoms with E-state index in [0.29, 0.717) is 28.0 Å². The van der Waals surface area contributed by atoms with Crippen LogP contribution < -0.4 is 5.32 Å². The van der Waals surface area contributed by atoms with Gasteiger partial charge in [-0.05, 0) is 52.6 Å². The lowest BCUT2D eigenvalue weighted by Crippen LogP contribution is -2.42. The van der Waals surface area contributed by atoms with Gasteiger partial charge in [0, 0.05) is 16.6 Å². The molecular weight excluding hydrogens is 382 g/mol. The molecule has 1 saturated carbocycles. The highest BCUT2D eigenvalue weighted by molar-refractivity contribution is 6.30. The first-order valence-electron chi connectivity index (χ1n) is 9.20. The van der Waals surface area contributed by atoms with Crippen LogP contribution in [-0.2, 0) is 11.3 Å². The summed E-state index contributed by atoms with van der Waals surface area (Å²) < 4.78 is 1.47. The van der Waals surface area contributed by atoms with Gasteiger partial charge < -0.3 is 5.32 Å². The smallest absolute Gasteiger partial charge is 0.243 e. The van der Waals surface area contributed by atoms with Gasteiger partial charge in [-0.2, -0.15) is 9.48 Å². The van der Waals surface area contributed by atoms with E-state index in [0.717, 1.165) is 19.3 Å². The van der Waals surface area contributed by atoms with Crippen LogP contribution in [0.3, 0.4) is 0 Å². The summed E-state index contributed by atoms with van der Waals surface area (Å²) in [5.41, 5.74) is 1.28. The van der Waals surface area contributed by atoms with Crippen LogP contribution in [0, 0.1) is 5.92 Å². The predicted molar refractivity (Wildman–Crippen MR) is 101 cm³/mol. The van der Waals surface area contributed by atoms with Crippen molar-refractivity contribution in [2.45, 2.75) is 45.2 Å². The molecule has 0 bridgehead atoms. The summed E-state index contributed by atoms with van der Waals surface area (Å²) >= 11 is 6.10. The van der Waals surface area contributed by atoms with Gasteiger partial charge in [-0.25, -0.2) is 0 Å². The molecule has 2 aromatic heterocycles. The van der Waals surface area contributed by atoms with Crippen molar-refractivity contribution in [1.82, 2.24) is 45.7 Å². The third-order valence-corrected chi connectivity index (χ3v) is 5.23. The molecule has 1 aromatic carbocycles. The number of benzene rings is 1. The molecule has 146 valence electrons. The van der Waals surface area contributed by atoms with Crippen LogP contribution >= 0.6 is 11.6 Å². The van der Waals surface area contributed by atoms with Crippen molar-refractivity contribution in [3.8, 4) is 17.1 Å². The Morgan fingerprint density at radius 2 is 2.14 bits per heavy atom. The van der Waals surface area contributed by atoms with Gasteiger partial charge >= 0.3 is 0 Å². The van der Waals surface area contributed by atoms with Gasteiger partial charge in [-0.15, -0.1) is 15.3 Å². The van der Waals surface area contributed by atoms with E-state index in [-0.39, 0.29) is 18.5 Å². The van der Waals surface area contributed by atoms with E-state index in [4.69, 9.17) is 11.6 Å². The second-order valence-corrected chi connectivity index (χ2v) is 7.43. The van der Waals surface area contributed by atoms with Crippen LogP contribution in [0.5, 0.6) is 0 Å². The fourth-order valence-electron chi connectivity index (χ4n) is 3.48. The van der Waals surface area contributed by atoms with E-state index >= 15 is 0 Å². The largest absolute Gasteiger partial charge is 0.351 e. The van der Waals surface area contributed by atoms with E-state index in [1.54, 1.807) is 18.2 Å². The zero-order valence-corrected chi connectivity index (χ0v) is 16.1. The van der Waals surface area contributed by atoms with Gasteiger partial charge in [0.15, 0.2) is 0 Å². The number of rotatable bonds is 5. The van der Waals surface area contributed by atoms with E-state index in [9.17, 15) is 4.79 Å². The van der Waals surface area contributed by atoms with Crippen LogP contribution in [-0.4, -0.2) is 52.4 Å². The van der Waals surface area contributed by atoms with Crippen molar-refractivity contribution in [2.75, 3.05) is 0 Å². The Bertz CT molecular complexity index is 955. The number of carbonyl (C=O) groups is 1. The van der Waals surface area contributed by atoms with Crippen molar-refractivity contribution in [2.24, 2.45) is 5.92 Å². The SMILES string of the molecule is C[C@@H]1CCCC[C@H]1NC(=O)Cn1nnc(-c2ccc(Cl)cc2-n2cnnn2)n1. The molecule has 0 aliphatic heterocycles. The maximum Gasteiger partial charge on any atom is 0.243 e. The van der Waals surface area contributed by atoms with Crippen LogP contribution in [0.2, 0.25) is 5.02 Å². The molecule has 1 fully saturated rings. The lowest BCUT2D eigenvalue weighted by Gasteiger charge is -2.29. The first-order valence-corrected chi connectivity index (χ1v) is 9.58. The second-order valence-electron chi connectivity index (χ2n) is 7.00. The summed E-state index contributed by atoms with van der Waals surface area (Å²) in [4.78, 5) is 13.7.